The Morgan fingerprint density at radius 2 is 1.97 bits per heavy atom. The van der Waals surface area contributed by atoms with Crippen LogP contribution in [0.1, 0.15) is 5.56 Å². The van der Waals surface area contributed by atoms with E-state index in [1.807, 2.05) is 12.3 Å². The molecule has 9 heteroatoms. The number of anilines is 1. The molecule has 0 unspecified atom stereocenters. The number of pyridine rings is 1. The first-order valence-electron chi connectivity index (χ1n) is 10.3. The molecule has 4 aromatic rings. The highest BCUT2D eigenvalue weighted by Crippen LogP contribution is 2.28. The van der Waals surface area contributed by atoms with Gasteiger partial charge in [-0.3, -0.25) is 9.69 Å². The summed E-state index contributed by atoms with van der Waals surface area (Å²) in [6.07, 6.45) is 4.78. The summed E-state index contributed by atoms with van der Waals surface area (Å²) in [5.41, 5.74) is 9.60. The number of nitrogens with two attached hydrogens (primary N) is 1. The van der Waals surface area contributed by atoms with Crippen molar-refractivity contribution in [3.8, 4) is 16.9 Å². The molecule has 0 atom stereocenters. The fourth-order valence-corrected chi connectivity index (χ4v) is 3.97. The molecule has 0 spiro atoms. The number of fused-ring (bicyclic) bond motifs is 1. The van der Waals surface area contributed by atoms with Gasteiger partial charge < -0.3 is 15.6 Å². The van der Waals surface area contributed by atoms with Crippen LogP contribution in [0.25, 0.3) is 27.8 Å². The average Bonchev–Trinajstić information content (AvgIpc) is 3.17. The molecular weight excluding hydrogens is 392 g/mol. The number of benzene rings is 1. The van der Waals surface area contributed by atoms with Gasteiger partial charge in [0.1, 0.15) is 5.52 Å². The average molecular weight is 416 g/mol. The summed E-state index contributed by atoms with van der Waals surface area (Å²) in [7, 11) is 2.16. The van der Waals surface area contributed by atoms with Crippen LogP contribution in [-0.2, 0) is 6.54 Å². The number of H-pyrrole nitrogens is 1. The van der Waals surface area contributed by atoms with E-state index < -0.39 is 0 Å². The highest BCUT2D eigenvalue weighted by atomic mass is 16.1. The number of aromatic amines is 1. The predicted octanol–water partition coefficient (Wildman–Crippen LogP) is 1.50. The first kappa shape index (κ1) is 19.4. The number of likely N-dealkylation sites (N-methyl/N-ethyl adjacent to an activating group) is 1. The molecule has 1 aromatic carbocycles. The van der Waals surface area contributed by atoms with Crippen molar-refractivity contribution >= 4 is 16.7 Å². The van der Waals surface area contributed by atoms with Crippen LogP contribution >= 0.6 is 0 Å². The van der Waals surface area contributed by atoms with Crippen LogP contribution in [0, 0.1) is 0 Å². The van der Waals surface area contributed by atoms with E-state index in [-0.39, 0.29) is 5.56 Å². The highest BCUT2D eigenvalue weighted by molar-refractivity contribution is 5.84. The number of rotatable bonds is 4. The minimum atomic E-state index is -0.217. The Hall–Kier alpha value is -3.56. The maximum Gasteiger partial charge on any atom is 0.258 e. The SMILES string of the molecule is CN1CCN(Cc2cccc(-c3cn(-c4nccc5c(=O)[nH]cnc45)nc3N)c2)CC1. The molecule has 9 nitrogen and oxygen atoms in total. The van der Waals surface area contributed by atoms with Crippen molar-refractivity contribution in [2.45, 2.75) is 6.54 Å². The van der Waals surface area contributed by atoms with Crippen LogP contribution in [0.15, 0.2) is 53.8 Å². The molecule has 0 amide bonds. The van der Waals surface area contributed by atoms with Gasteiger partial charge in [-0.2, -0.15) is 0 Å². The first-order chi connectivity index (χ1) is 15.1. The maximum absolute atomic E-state index is 12.1. The first-order valence-corrected chi connectivity index (χ1v) is 10.3. The van der Waals surface area contributed by atoms with Crippen LogP contribution in [0.2, 0.25) is 0 Å². The summed E-state index contributed by atoms with van der Waals surface area (Å²) >= 11 is 0. The standard InChI is InChI=1S/C22H24N8O/c1-28-7-9-29(10-8-28)12-15-3-2-4-16(11-15)18-13-30(27-20(18)23)21-19-17(5-6-24-21)22(31)26-14-25-19/h2-6,11,13-14H,7-10,12H2,1H3,(H2,23,27)(H,25,26,31). The van der Waals surface area contributed by atoms with Gasteiger partial charge in [0.25, 0.3) is 5.56 Å². The Labute approximate surface area is 179 Å². The lowest BCUT2D eigenvalue weighted by Gasteiger charge is -2.32. The summed E-state index contributed by atoms with van der Waals surface area (Å²) in [5, 5.41) is 4.91. The Kier molecular flexibility index (Phi) is 4.97. The van der Waals surface area contributed by atoms with Crippen molar-refractivity contribution in [3.05, 3.63) is 65.0 Å². The maximum atomic E-state index is 12.1. The zero-order chi connectivity index (χ0) is 21.4. The van der Waals surface area contributed by atoms with Gasteiger partial charge in [0.05, 0.1) is 11.7 Å². The van der Waals surface area contributed by atoms with Crippen LogP contribution in [0.3, 0.4) is 0 Å². The lowest BCUT2D eigenvalue weighted by atomic mass is 10.0. The lowest BCUT2D eigenvalue weighted by Crippen LogP contribution is -2.43. The minimum Gasteiger partial charge on any atom is -0.382 e. The van der Waals surface area contributed by atoms with Gasteiger partial charge in [-0.15, -0.1) is 5.10 Å². The zero-order valence-corrected chi connectivity index (χ0v) is 17.3. The third-order valence-electron chi connectivity index (χ3n) is 5.74. The molecular formula is C22H24N8O. The van der Waals surface area contributed by atoms with Crippen molar-refractivity contribution in [3.63, 3.8) is 0 Å². The molecule has 1 aliphatic rings. The van der Waals surface area contributed by atoms with Crippen LogP contribution < -0.4 is 11.3 Å². The molecule has 158 valence electrons. The Balaban J connectivity index is 1.47. The molecule has 3 N–H and O–H groups in total. The summed E-state index contributed by atoms with van der Waals surface area (Å²) in [4.78, 5) is 28.2. The van der Waals surface area contributed by atoms with Gasteiger partial charge in [0, 0.05) is 50.7 Å². The van der Waals surface area contributed by atoms with Crippen LogP contribution in [-0.4, -0.2) is 67.8 Å². The molecule has 0 aliphatic carbocycles. The normalized spacial score (nSPS) is 15.5. The van der Waals surface area contributed by atoms with Gasteiger partial charge in [0.15, 0.2) is 11.6 Å². The summed E-state index contributed by atoms with van der Waals surface area (Å²) in [6.45, 7) is 5.23. The van der Waals surface area contributed by atoms with E-state index in [9.17, 15) is 4.79 Å². The fourth-order valence-electron chi connectivity index (χ4n) is 3.97. The quantitative estimate of drug-likeness (QED) is 0.519. The van der Waals surface area contributed by atoms with E-state index in [1.165, 1.54) is 11.9 Å². The monoisotopic (exact) mass is 416 g/mol. The summed E-state index contributed by atoms with van der Waals surface area (Å²) in [6, 6.07) is 10.0. The number of nitrogens with zero attached hydrogens (tertiary/aromatic N) is 6. The third kappa shape index (κ3) is 3.80. The molecule has 1 saturated heterocycles. The van der Waals surface area contributed by atoms with Gasteiger partial charge in [-0.25, -0.2) is 14.6 Å². The number of nitrogen functional groups attached to an aromatic ring is 1. The van der Waals surface area contributed by atoms with E-state index >= 15 is 0 Å². The number of aromatic nitrogens is 5. The van der Waals surface area contributed by atoms with Crippen LogP contribution in [0.5, 0.6) is 0 Å². The zero-order valence-electron chi connectivity index (χ0n) is 17.3. The van der Waals surface area contributed by atoms with Crippen molar-refractivity contribution in [1.29, 1.82) is 0 Å². The predicted molar refractivity (Wildman–Crippen MR) is 120 cm³/mol. The molecule has 3 aromatic heterocycles. The molecule has 1 aliphatic heterocycles. The second-order valence-electron chi connectivity index (χ2n) is 7.91. The molecule has 31 heavy (non-hydrogen) atoms. The van der Waals surface area contributed by atoms with Gasteiger partial charge in [-0.1, -0.05) is 18.2 Å². The minimum absolute atomic E-state index is 0.217. The Morgan fingerprint density at radius 3 is 2.81 bits per heavy atom. The van der Waals surface area contributed by atoms with Gasteiger partial charge in [0.2, 0.25) is 0 Å². The molecule has 1 fully saturated rings. The topological polar surface area (TPSA) is 109 Å². The number of nitrogens with one attached hydrogen (secondary N) is 1. The fraction of sp³-hybridized carbons (Fsp3) is 0.273. The molecule has 0 radical (unpaired) electrons. The lowest BCUT2D eigenvalue weighted by molar-refractivity contribution is 0.148. The molecule has 5 rings (SSSR count). The van der Waals surface area contributed by atoms with E-state index in [1.54, 1.807) is 16.9 Å². The number of hydrogen-bond donors (Lipinski definition) is 2. The number of piperazine rings is 1. The van der Waals surface area contributed by atoms with Gasteiger partial charge in [-0.05, 0) is 30.3 Å². The van der Waals surface area contributed by atoms with E-state index in [0.29, 0.717) is 22.5 Å². The van der Waals surface area contributed by atoms with E-state index in [4.69, 9.17) is 5.73 Å². The second-order valence-corrected chi connectivity index (χ2v) is 7.91. The second kappa shape index (κ2) is 7.93. The molecule has 4 heterocycles. The van der Waals surface area contributed by atoms with E-state index in [0.717, 1.165) is 43.9 Å². The summed E-state index contributed by atoms with van der Waals surface area (Å²) in [5.74, 6) is 0.871. The van der Waals surface area contributed by atoms with Crippen molar-refractivity contribution in [2.24, 2.45) is 0 Å². The van der Waals surface area contributed by atoms with Crippen molar-refractivity contribution in [2.75, 3.05) is 39.0 Å². The smallest absolute Gasteiger partial charge is 0.258 e. The Morgan fingerprint density at radius 1 is 1.13 bits per heavy atom. The number of hydrogen-bond acceptors (Lipinski definition) is 7. The van der Waals surface area contributed by atoms with E-state index in [2.05, 4.69) is 55.1 Å². The van der Waals surface area contributed by atoms with Crippen LogP contribution in [0.4, 0.5) is 5.82 Å². The third-order valence-corrected chi connectivity index (χ3v) is 5.74. The summed E-state index contributed by atoms with van der Waals surface area (Å²) < 4.78 is 1.59. The molecule has 0 bridgehead atoms. The van der Waals surface area contributed by atoms with Crippen molar-refractivity contribution < 1.29 is 0 Å². The molecule has 0 saturated carbocycles. The largest absolute Gasteiger partial charge is 0.382 e. The van der Waals surface area contributed by atoms with Gasteiger partial charge >= 0.3 is 0 Å². The highest BCUT2D eigenvalue weighted by Gasteiger charge is 2.16. The Bertz CT molecular complexity index is 1290. The van der Waals surface area contributed by atoms with Crippen molar-refractivity contribution in [1.82, 2.24) is 34.5 Å².